The van der Waals surface area contributed by atoms with Gasteiger partial charge < -0.3 is 9.32 Å². The SMILES string of the molecule is CC1(c2cc(N(c3ccc(-c4ccccc4)cc3)c3cccc(-c4ccccc4)c3)cc3c2oc2ccccc23)c2ccccc2-c2ccccc21. The van der Waals surface area contributed by atoms with Crippen molar-refractivity contribution in [2.45, 2.75) is 12.3 Å². The first kappa shape index (κ1) is 30.2. The molecule has 0 fully saturated rings. The maximum Gasteiger partial charge on any atom is 0.140 e. The molecule has 0 atom stereocenters. The number of anilines is 3. The molecule has 2 heteroatoms. The molecule has 0 bridgehead atoms. The third-order valence-corrected chi connectivity index (χ3v) is 10.9. The van der Waals surface area contributed by atoms with Gasteiger partial charge in [-0.2, -0.15) is 0 Å². The number of benzene rings is 8. The molecule has 0 saturated carbocycles. The maximum atomic E-state index is 6.86. The van der Waals surface area contributed by atoms with Crippen molar-refractivity contribution in [2.24, 2.45) is 0 Å². The minimum Gasteiger partial charge on any atom is -0.456 e. The van der Waals surface area contributed by atoms with Gasteiger partial charge in [0.25, 0.3) is 0 Å². The fourth-order valence-corrected chi connectivity index (χ4v) is 8.39. The van der Waals surface area contributed by atoms with Crippen LogP contribution in [0.25, 0.3) is 55.3 Å². The van der Waals surface area contributed by atoms with E-state index in [1.54, 1.807) is 0 Å². The Kier molecular flexibility index (Phi) is 6.97. The first-order valence-corrected chi connectivity index (χ1v) is 17.9. The normalized spacial score (nSPS) is 12.9. The van der Waals surface area contributed by atoms with Gasteiger partial charge in [-0.05, 0) is 93.9 Å². The molecule has 10 rings (SSSR count). The zero-order valence-electron chi connectivity index (χ0n) is 28.8. The molecular weight excluding hydrogens is 631 g/mol. The molecule has 0 radical (unpaired) electrons. The molecule has 0 unspecified atom stereocenters. The first-order valence-electron chi connectivity index (χ1n) is 17.9. The van der Waals surface area contributed by atoms with Crippen LogP contribution in [0.15, 0.2) is 199 Å². The van der Waals surface area contributed by atoms with E-state index in [9.17, 15) is 0 Å². The van der Waals surface area contributed by atoms with Crippen molar-refractivity contribution in [2.75, 3.05) is 4.90 Å². The Morgan fingerprint density at radius 1 is 0.385 bits per heavy atom. The molecule has 1 aromatic heterocycles. The van der Waals surface area contributed by atoms with E-state index >= 15 is 0 Å². The average molecular weight is 666 g/mol. The molecule has 1 heterocycles. The molecular formula is C50H35NO. The van der Waals surface area contributed by atoms with Gasteiger partial charge in [0.1, 0.15) is 11.2 Å². The van der Waals surface area contributed by atoms with Gasteiger partial charge in [0, 0.05) is 38.8 Å². The predicted octanol–water partition coefficient (Wildman–Crippen LogP) is 13.7. The largest absolute Gasteiger partial charge is 0.456 e. The number of furan rings is 1. The summed E-state index contributed by atoms with van der Waals surface area (Å²) in [5, 5.41) is 2.22. The molecule has 0 N–H and O–H groups in total. The summed E-state index contributed by atoms with van der Waals surface area (Å²) in [7, 11) is 0. The van der Waals surface area contributed by atoms with E-state index in [-0.39, 0.29) is 0 Å². The number of para-hydroxylation sites is 1. The van der Waals surface area contributed by atoms with Crippen LogP contribution in [0.3, 0.4) is 0 Å². The van der Waals surface area contributed by atoms with Gasteiger partial charge in [-0.3, -0.25) is 0 Å². The third kappa shape index (κ3) is 4.72. The van der Waals surface area contributed by atoms with Gasteiger partial charge in [0.05, 0.1) is 0 Å². The van der Waals surface area contributed by atoms with Crippen LogP contribution in [0.5, 0.6) is 0 Å². The summed E-state index contributed by atoms with van der Waals surface area (Å²) in [5.74, 6) is 0. The predicted molar refractivity (Wildman–Crippen MR) is 217 cm³/mol. The highest BCUT2D eigenvalue weighted by molar-refractivity contribution is 6.09. The molecule has 0 spiro atoms. The van der Waals surface area contributed by atoms with E-state index in [1.165, 1.54) is 44.5 Å². The van der Waals surface area contributed by atoms with Crippen LogP contribution < -0.4 is 4.90 Å². The Hall–Kier alpha value is -6.64. The van der Waals surface area contributed by atoms with Gasteiger partial charge in [0.15, 0.2) is 0 Å². The standard InChI is InChI=1S/C50H35NO/c1-50(45-24-11-8-21-41(45)42-22-9-12-25-46(42)50)47-33-40(32-44-43-23-10-13-26-48(43)52-49(44)47)51(38-29-27-36(28-30-38)34-15-4-2-5-16-34)39-20-14-19-37(31-39)35-17-6-3-7-18-35/h2-33H,1H3. The highest BCUT2D eigenvalue weighted by atomic mass is 16.3. The van der Waals surface area contributed by atoms with E-state index in [2.05, 4.69) is 206 Å². The molecule has 9 aromatic rings. The average Bonchev–Trinajstić information content (AvgIpc) is 3.72. The molecule has 246 valence electrons. The van der Waals surface area contributed by atoms with Crippen molar-refractivity contribution in [3.8, 4) is 33.4 Å². The molecule has 52 heavy (non-hydrogen) atoms. The monoisotopic (exact) mass is 665 g/mol. The minimum absolute atomic E-state index is 0.454. The van der Waals surface area contributed by atoms with Crippen molar-refractivity contribution >= 4 is 39.0 Å². The zero-order valence-corrected chi connectivity index (χ0v) is 28.8. The van der Waals surface area contributed by atoms with Crippen LogP contribution in [-0.2, 0) is 5.41 Å². The lowest BCUT2D eigenvalue weighted by Gasteiger charge is -2.31. The smallest absolute Gasteiger partial charge is 0.140 e. The minimum atomic E-state index is -0.454. The van der Waals surface area contributed by atoms with Crippen LogP contribution in [-0.4, -0.2) is 0 Å². The Labute approximate surface area is 303 Å². The van der Waals surface area contributed by atoms with Crippen molar-refractivity contribution in [3.63, 3.8) is 0 Å². The quantitative estimate of drug-likeness (QED) is 0.176. The second kappa shape index (κ2) is 12.0. The summed E-state index contributed by atoms with van der Waals surface area (Å²) in [6, 6.07) is 69.9. The van der Waals surface area contributed by atoms with Crippen molar-refractivity contribution in [1.82, 2.24) is 0 Å². The molecule has 2 nitrogen and oxygen atoms in total. The topological polar surface area (TPSA) is 16.4 Å². The molecule has 0 amide bonds. The van der Waals surface area contributed by atoms with Crippen LogP contribution in [0.1, 0.15) is 23.6 Å². The maximum absolute atomic E-state index is 6.86. The summed E-state index contributed by atoms with van der Waals surface area (Å²) in [5.41, 5.74) is 15.6. The lowest BCUT2D eigenvalue weighted by Crippen LogP contribution is -2.23. The number of nitrogens with zero attached hydrogens (tertiary/aromatic N) is 1. The number of hydrogen-bond acceptors (Lipinski definition) is 2. The van der Waals surface area contributed by atoms with Gasteiger partial charge in [0.2, 0.25) is 0 Å². The van der Waals surface area contributed by atoms with E-state index in [1.807, 2.05) is 0 Å². The van der Waals surface area contributed by atoms with Gasteiger partial charge in [-0.25, -0.2) is 0 Å². The second-order valence-corrected chi connectivity index (χ2v) is 13.8. The van der Waals surface area contributed by atoms with E-state index in [0.717, 1.165) is 44.6 Å². The van der Waals surface area contributed by atoms with Crippen LogP contribution in [0, 0.1) is 0 Å². The van der Waals surface area contributed by atoms with Crippen LogP contribution >= 0.6 is 0 Å². The lowest BCUT2D eigenvalue weighted by atomic mass is 9.73. The highest BCUT2D eigenvalue weighted by Crippen LogP contribution is 2.55. The fraction of sp³-hybridized carbons (Fsp3) is 0.0400. The van der Waals surface area contributed by atoms with Crippen molar-refractivity contribution in [3.05, 3.63) is 211 Å². The lowest BCUT2D eigenvalue weighted by molar-refractivity contribution is 0.638. The molecule has 1 aliphatic carbocycles. The Morgan fingerprint density at radius 3 is 1.63 bits per heavy atom. The number of rotatable bonds is 6. The number of hydrogen-bond donors (Lipinski definition) is 0. The summed E-state index contributed by atoms with van der Waals surface area (Å²) in [4.78, 5) is 2.40. The van der Waals surface area contributed by atoms with Gasteiger partial charge in [-0.1, -0.05) is 152 Å². The summed E-state index contributed by atoms with van der Waals surface area (Å²) in [6.07, 6.45) is 0. The highest BCUT2D eigenvalue weighted by Gasteiger charge is 2.43. The van der Waals surface area contributed by atoms with Crippen molar-refractivity contribution in [1.29, 1.82) is 0 Å². The first-order chi connectivity index (χ1) is 25.7. The third-order valence-electron chi connectivity index (χ3n) is 10.9. The van der Waals surface area contributed by atoms with Gasteiger partial charge >= 0.3 is 0 Å². The Morgan fingerprint density at radius 2 is 0.942 bits per heavy atom. The summed E-state index contributed by atoms with van der Waals surface area (Å²) in [6.45, 7) is 2.37. The van der Waals surface area contributed by atoms with E-state index in [0.29, 0.717) is 0 Å². The van der Waals surface area contributed by atoms with Crippen LogP contribution in [0.4, 0.5) is 17.1 Å². The molecule has 1 aliphatic rings. The van der Waals surface area contributed by atoms with E-state index in [4.69, 9.17) is 4.42 Å². The second-order valence-electron chi connectivity index (χ2n) is 13.8. The fourth-order valence-electron chi connectivity index (χ4n) is 8.39. The Bertz CT molecular complexity index is 2700. The summed E-state index contributed by atoms with van der Waals surface area (Å²) >= 11 is 0. The Balaban J connectivity index is 1.25. The molecule has 0 aliphatic heterocycles. The molecule has 0 saturated heterocycles. The van der Waals surface area contributed by atoms with Gasteiger partial charge in [-0.15, -0.1) is 0 Å². The number of fused-ring (bicyclic) bond motifs is 6. The summed E-state index contributed by atoms with van der Waals surface area (Å²) < 4.78 is 6.86. The van der Waals surface area contributed by atoms with Crippen LogP contribution in [0.2, 0.25) is 0 Å². The zero-order chi connectivity index (χ0) is 34.6. The van der Waals surface area contributed by atoms with Crippen molar-refractivity contribution < 1.29 is 4.42 Å². The molecule has 8 aromatic carbocycles. The van der Waals surface area contributed by atoms with E-state index < -0.39 is 5.41 Å².